The van der Waals surface area contributed by atoms with Crippen molar-refractivity contribution in [1.29, 1.82) is 0 Å². The van der Waals surface area contributed by atoms with Gasteiger partial charge in [0.15, 0.2) is 9.84 Å². The summed E-state index contributed by atoms with van der Waals surface area (Å²) < 4.78 is 23.6. The topological polar surface area (TPSA) is 54.5 Å². The molecule has 0 N–H and O–H groups in total. The quantitative estimate of drug-likeness (QED) is 0.849. The molecule has 1 saturated heterocycles. The van der Waals surface area contributed by atoms with Gasteiger partial charge >= 0.3 is 0 Å². The van der Waals surface area contributed by atoms with Crippen LogP contribution in [0.15, 0.2) is 29.2 Å². The van der Waals surface area contributed by atoms with E-state index in [0.717, 1.165) is 31.6 Å². The van der Waals surface area contributed by atoms with Crippen molar-refractivity contribution in [3.63, 3.8) is 0 Å². The van der Waals surface area contributed by atoms with Crippen LogP contribution < -0.4 is 4.90 Å². The fourth-order valence-electron chi connectivity index (χ4n) is 2.56. The van der Waals surface area contributed by atoms with Crippen LogP contribution in [0.5, 0.6) is 0 Å². The van der Waals surface area contributed by atoms with Gasteiger partial charge in [-0.15, -0.1) is 0 Å². The Morgan fingerprint density at radius 3 is 2.32 bits per heavy atom. The van der Waals surface area contributed by atoms with E-state index in [1.807, 2.05) is 12.1 Å². The zero-order chi connectivity index (χ0) is 14.0. The van der Waals surface area contributed by atoms with Crippen LogP contribution in [-0.4, -0.2) is 33.5 Å². The normalized spacial score (nSPS) is 17.5. The van der Waals surface area contributed by atoms with Crippen LogP contribution in [0.2, 0.25) is 0 Å². The molecule has 4 nitrogen and oxygen atoms in total. The van der Waals surface area contributed by atoms with Crippen LogP contribution in [0.4, 0.5) is 5.69 Å². The van der Waals surface area contributed by atoms with E-state index < -0.39 is 9.84 Å². The van der Waals surface area contributed by atoms with Crippen molar-refractivity contribution >= 4 is 21.3 Å². The van der Waals surface area contributed by atoms with E-state index in [0.29, 0.717) is 4.90 Å². The summed E-state index contributed by atoms with van der Waals surface area (Å²) in [6, 6.07) is 7.06. The third kappa shape index (κ3) is 3.15. The molecule has 0 aromatic heterocycles. The highest BCUT2D eigenvalue weighted by atomic mass is 32.2. The minimum atomic E-state index is -3.22. The summed E-state index contributed by atoms with van der Waals surface area (Å²) in [5.41, 5.74) is 0.756. The second-order valence-electron chi connectivity index (χ2n) is 5.11. The number of sulfone groups is 1. The Kier molecular flexibility index (Phi) is 3.94. The molecule has 1 aromatic carbocycles. The summed E-state index contributed by atoms with van der Waals surface area (Å²) in [5.74, 6) is 0.359. The number of hydrogen-bond acceptors (Lipinski definition) is 4. The van der Waals surface area contributed by atoms with E-state index in [4.69, 9.17) is 0 Å². The highest BCUT2D eigenvalue weighted by Crippen LogP contribution is 2.29. The number of hydrogen-bond donors (Lipinski definition) is 0. The van der Waals surface area contributed by atoms with E-state index in [-0.39, 0.29) is 11.7 Å². The number of benzene rings is 1. The van der Waals surface area contributed by atoms with Crippen LogP contribution >= 0.6 is 0 Å². The molecule has 0 spiro atoms. The maximum atomic E-state index is 11.8. The molecule has 1 fully saturated rings. The highest BCUT2D eigenvalue weighted by molar-refractivity contribution is 7.90. The Bertz CT molecular complexity index is 572. The molecular formula is C14H19NO3S. The van der Waals surface area contributed by atoms with Crippen molar-refractivity contribution in [2.45, 2.75) is 24.7 Å². The predicted octanol–water partition coefficient (Wildman–Crippen LogP) is 1.90. The third-order valence-corrected chi connectivity index (χ3v) is 4.82. The Morgan fingerprint density at radius 2 is 1.79 bits per heavy atom. The van der Waals surface area contributed by atoms with Gasteiger partial charge in [0, 0.05) is 25.3 Å². The molecule has 1 heterocycles. The van der Waals surface area contributed by atoms with Gasteiger partial charge in [-0.1, -0.05) is 12.1 Å². The minimum Gasteiger partial charge on any atom is -0.370 e. The second kappa shape index (κ2) is 5.33. The smallest absolute Gasteiger partial charge is 0.177 e. The molecule has 5 heteroatoms. The summed E-state index contributed by atoms with van der Waals surface area (Å²) in [6.07, 6.45) is 2.83. The number of piperidine rings is 1. The molecule has 19 heavy (non-hydrogen) atoms. The summed E-state index contributed by atoms with van der Waals surface area (Å²) in [7, 11) is -3.22. The Morgan fingerprint density at radius 1 is 1.21 bits per heavy atom. The van der Waals surface area contributed by atoms with E-state index in [9.17, 15) is 13.2 Å². The Hall–Kier alpha value is -1.36. The molecule has 1 aliphatic heterocycles. The van der Waals surface area contributed by atoms with Crippen LogP contribution in [0.25, 0.3) is 0 Å². The zero-order valence-electron chi connectivity index (χ0n) is 11.3. The highest BCUT2D eigenvalue weighted by Gasteiger charge is 2.25. The number of Topliss-reactive ketones (excluding diaryl/α,β-unsaturated/α-hetero) is 1. The summed E-state index contributed by atoms with van der Waals surface area (Å²) >= 11 is 0. The molecule has 0 radical (unpaired) electrons. The van der Waals surface area contributed by atoms with E-state index >= 15 is 0 Å². The van der Waals surface area contributed by atoms with Gasteiger partial charge in [-0.05, 0) is 31.9 Å². The van der Waals surface area contributed by atoms with Crippen molar-refractivity contribution in [2.24, 2.45) is 5.92 Å². The van der Waals surface area contributed by atoms with Crippen LogP contribution in [0.3, 0.4) is 0 Å². The van der Waals surface area contributed by atoms with Crippen molar-refractivity contribution in [3.8, 4) is 0 Å². The summed E-state index contributed by atoms with van der Waals surface area (Å²) in [5, 5.41) is 0. The van der Waals surface area contributed by atoms with Crippen LogP contribution in [0, 0.1) is 5.92 Å². The Labute approximate surface area is 114 Å². The molecule has 1 aromatic rings. The average molecular weight is 281 g/mol. The standard InChI is InChI=1S/C14H19NO3S/c1-11(16)12-7-9-15(10-8-12)13-5-3-4-6-14(13)19(2,17)18/h3-6,12H,7-10H2,1-2H3. The first-order valence-corrected chi connectivity index (χ1v) is 8.33. The number of para-hydroxylation sites is 1. The lowest BCUT2D eigenvalue weighted by Crippen LogP contribution is -2.36. The zero-order valence-corrected chi connectivity index (χ0v) is 12.1. The predicted molar refractivity (Wildman–Crippen MR) is 75.2 cm³/mol. The number of rotatable bonds is 3. The number of nitrogens with zero attached hydrogens (tertiary/aromatic N) is 1. The first-order chi connectivity index (χ1) is 8.89. The number of carbonyl (C=O) groups excluding carboxylic acids is 1. The average Bonchev–Trinajstić information content (AvgIpc) is 2.38. The van der Waals surface area contributed by atoms with Crippen molar-refractivity contribution in [1.82, 2.24) is 0 Å². The van der Waals surface area contributed by atoms with E-state index in [2.05, 4.69) is 4.90 Å². The molecular weight excluding hydrogens is 262 g/mol. The first kappa shape index (κ1) is 14.1. The van der Waals surface area contributed by atoms with Crippen molar-refractivity contribution in [3.05, 3.63) is 24.3 Å². The van der Waals surface area contributed by atoms with E-state index in [1.165, 1.54) is 6.26 Å². The lowest BCUT2D eigenvalue weighted by atomic mass is 9.93. The maximum Gasteiger partial charge on any atom is 0.177 e. The fourth-order valence-corrected chi connectivity index (χ4v) is 3.46. The molecule has 0 amide bonds. The maximum absolute atomic E-state index is 11.8. The van der Waals surface area contributed by atoms with Crippen LogP contribution in [0.1, 0.15) is 19.8 Å². The van der Waals surface area contributed by atoms with Gasteiger partial charge in [-0.3, -0.25) is 4.79 Å². The fraction of sp³-hybridized carbons (Fsp3) is 0.500. The number of carbonyl (C=O) groups is 1. The molecule has 0 unspecified atom stereocenters. The molecule has 104 valence electrons. The third-order valence-electron chi connectivity index (χ3n) is 3.68. The number of anilines is 1. The van der Waals surface area contributed by atoms with Crippen molar-refractivity contribution in [2.75, 3.05) is 24.2 Å². The minimum absolute atomic E-state index is 0.127. The Balaban J connectivity index is 2.23. The largest absolute Gasteiger partial charge is 0.370 e. The second-order valence-corrected chi connectivity index (χ2v) is 7.10. The van der Waals surface area contributed by atoms with Gasteiger partial charge in [0.1, 0.15) is 5.78 Å². The lowest BCUT2D eigenvalue weighted by molar-refractivity contribution is -0.121. The number of ketones is 1. The summed E-state index contributed by atoms with van der Waals surface area (Å²) in [4.78, 5) is 13.8. The van der Waals surface area contributed by atoms with Gasteiger partial charge in [-0.25, -0.2) is 8.42 Å². The molecule has 0 bridgehead atoms. The molecule has 2 rings (SSSR count). The van der Waals surface area contributed by atoms with E-state index in [1.54, 1.807) is 19.1 Å². The molecule has 0 atom stereocenters. The monoisotopic (exact) mass is 281 g/mol. The van der Waals surface area contributed by atoms with Crippen molar-refractivity contribution < 1.29 is 13.2 Å². The molecule has 1 aliphatic rings. The van der Waals surface area contributed by atoms with Crippen LogP contribution in [-0.2, 0) is 14.6 Å². The van der Waals surface area contributed by atoms with Gasteiger partial charge in [0.25, 0.3) is 0 Å². The lowest BCUT2D eigenvalue weighted by Gasteiger charge is -2.33. The summed E-state index contributed by atoms with van der Waals surface area (Å²) in [6.45, 7) is 3.10. The first-order valence-electron chi connectivity index (χ1n) is 6.44. The SMILES string of the molecule is CC(=O)C1CCN(c2ccccc2S(C)(=O)=O)CC1. The van der Waals surface area contributed by atoms with Gasteiger partial charge in [0.05, 0.1) is 10.6 Å². The van der Waals surface area contributed by atoms with Gasteiger partial charge in [-0.2, -0.15) is 0 Å². The van der Waals surface area contributed by atoms with Gasteiger partial charge in [0.2, 0.25) is 0 Å². The van der Waals surface area contributed by atoms with Gasteiger partial charge < -0.3 is 4.90 Å². The molecule has 0 aliphatic carbocycles. The molecule has 0 saturated carbocycles.